The van der Waals surface area contributed by atoms with E-state index in [1.54, 1.807) is 24.5 Å². The fraction of sp³-hybridized carbons (Fsp3) is 0.185. The van der Waals surface area contributed by atoms with Gasteiger partial charge in [0.15, 0.2) is 5.69 Å². The number of hydrogen-bond donors (Lipinski definition) is 3. The minimum Gasteiger partial charge on any atom is -0.397 e. The van der Waals surface area contributed by atoms with Crippen LogP contribution in [0.15, 0.2) is 67.0 Å². The fourth-order valence-electron chi connectivity index (χ4n) is 4.53. The number of aromatic nitrogens is 2. The second-order valence-corrected chi connectivity index (χ2v) is 8.69. The largest absolute Gasteiger partial charge is 0.397 e. The summed E-state index contributed by atoms with van der Waals surface area (Å²) in [6.45, 7) is 1.58. The van der Waals surface area contributed by atoms with Gasteiger partial charge in [0, 0.05) is 30.7 Å². The highest BCUT2D eigenvalue weighted by molar-refractivity contribution is 6.09. The molecular weight excluding hydrogens is 438 g/mol. The van der Waals surface area contributed by atoms with Gasteiger partial charge in [-0.3, -0.25) is 9.78 Å². The number of nitrogens with one attached hydrogen (secondary N) is 1. The van der Waals surface area contributed by atoms with Crippen LogP contribution in [0.5, 0.6) is 0 Å². The van der Waals surface area contributed by atoms with Crippen molar-refractivity contribution in [3.05, 3.63) is 78.2 Å². The first-order valence-corrected chi connectivity index (χ1v) is 11.5. The van der Waals surface area contributed by atoms with Crippen molar-refractivity contribution in [2.24, 2.45) is 5.73 Å². The molecule has 2 aromatic carbocycles. The van der Waals surface area contributed by atoms with Gasteiger partial charge in [0.25, 0.3) is 5.91 Å². The van der Waals surface area contributed by atoms with Gasteiger partial charge in [-0.15, -0.1) is 0 Å². The van der Waals surface area contributed by atoms with Crippen molar-refractivity contribution >= 4 is 33.9 Å². The molecule has 3 heterocycles. The molecule has 0 unspecified atom stereocenters. The molecule has 1 saturated heterocycles. The fourth-order valence-corrected chi connectivity index (χ4v) is 4.53. The molecule has 35 heavy (non-hydrogen) atoms. The van der Waals surface area contributed by atoms with Crippen LogP contribution in [0.1, 0.15) is 28.9 Å². The molecule has 2 aromatic heterocycles. The lowest BCUT2D eigenvalue weighted by atomic mass is 9.99. The number of piperidine rings is 1. The number of carbonyl (C=O) groups is 1. The Balaban J connectivity index is 1.48. The molecule has 0 spiro atoms. The van der Waals surface area contributed by atoms with Gasteiger partial charge in [-0.05, 0) is 48.2 Å². The number of carbonyl (C=O) groups excluding carboxylic acids is 1. The van der Waals surface area contributed by atoms with Gasteiger partial charge in [-0.2, -0.15) is 5.26 Å². The van der Waals surface area contributed by atoms with Crippen LogP contribution >= 0.6 is 0 Å². The maximum absolute atomic E-state index is 13.3. The number of nitrogens with two attached hydrogens (primary N) is 2. The van der Waals surface area contributed by atoms with Gasteiger partial charge < -0.3 is 21.7 Å². The lowest BCUT2D eigenvalue weighted by Crippen LogP contribution is -2.43. The van der Waals surface area contributed by atoms with Crippen molar-refractivity contribution in [2.45, 2.75) is 18.9 Å². The third-order valence-electron chi connectivity index (χ3n) is 6.27. The number of amides is 1. The molecule has 1 amide bonds. The molecule has 8 heteroatoms. The lowest BCUT2D eigenvalue weighted by molar-refractivity contribution is 0.102. The summed E-state index contributed by atoms with van der Waals surface area (Å²) in [4.78, 5) is 24.2. The summed E-state index contributed by atoms with van der Waals surface area (Å²) in [7, 11) is 0. The van der Waals surface area contributed by atoms with Crippen molar-refractivity contribution in [2.75, 3.05) is 29.0 Å². The number of pyridine rings is 2. The first kappa shape index (κ1) is 22.3. The average molecular weight is 464 g/mol. The van der Waals surface area contributed by atoms with E-state index in [4.69, 9.17) is 11.5 Å². The predicted molar refractivity (Wildman–Crippen MR) is 138 cm³/mol. The van der Waals surface area contributed by atoms with Crippen LogP contribution in [-0.2, 0) is 0 Å². The van der Waals surface area contributed by atoms with Crippen LogP contribution < -0.4 is 21.7 Å². The van der Waals surface area contributed by atoms with E-state index in [-0.39, 0.29) is 17.4 Å². The summed E-state index contributed by atoms with van der Waals surface area (Å²) in [6.07, 6.45) is 5.31. The number of nitrogens with zero attached hydrogens (tertiary/aromatic N) is 4. The summed E-state index contributed by atoms with van der Waals surface area (Å²) in [5, 5.41) is 13.2. The van der Waals surface area contributed by atoms with Crippen molar-refractivity contribution < 1.29 is 4.79 Å². The maximum atomic E-state index is 13.3. The Morgan fingerprint density at radius 2 is 2.03 bits per heavy atom. The SMILES string of the molecule is N#Cc1ccccc1-c1ccc2cc(N)c(C(=O)Nc3cnccc3N3CCC[C@H](N)C3)nc2c1. The van der Waals surface area contributed by atoms with E-state index in [9.17, 15) is 10.1 Å². The molecule has 5 N–H and O–H groups in total. The van der Waals surface area contributed by atoms with Crippen molar-refractivity contribution in [1.29, 1.82) is 5.26 Å². The monoisotopic (exact) mass is 463 g/mol. The van der Waals surface area contributed by atoms with E-state index in [0.717, 1.165) is 48.1 Å². The highest BCUT2D eigenvalue weighted by Gasteiger charge is 2.21. The van der Waals surface area contributed by atoms with E-state index in [0.29, 0.717) is 16.8 Å². The first-order valence-electron chi connectivity index (χ1n) is 11.5. The van der Waals surface area contributed by atoms with Gasteiger partial charge >= 0.3 is 0 Å². The minimum atomic E-state index is -0.414. The Labute approximate surface area is 203 Å². The van der Waals surface area contributed by atoms with E-state index in [1.165, 1.54) is 0 Å². The van der Waals surface area contributed by atoms with E-state index >= 15 is 0 Å². The van der Waals surface area contributed by atoms with Crippen LogP contribution in [0.3, 0.4) is 0 Å². The Hall–Kier alpha value is -4.48. The number of hydrogen-bond acceptors (Lipinski definition) is 7. The molecule has 4 aromatic rings. The second-order valence-electron chi connectivity index (χ2n) is 8.69. The van der Waals surface area contributed by atoms with Crippen LogP contribution in [0, 0.1) is 11.3 Å². The molecule has 0 saturated carbocycles. The van der Waals surface area contributed by atoms with Crippen LogP contribution in [0.2, 0.25) is 0 Å². The summed E-state index contributed by atoms with van der Waals surface area (Å²) in [5.74, 6) is -0.414. The molecule has 1 aliphatic rings. The minimum absolute atomic E-state index is 0.0959. The number of benzene rings is 2. The second kappa shape index (κ2) is 9.41. The zero-order valence-electron chi connectivity index (χ0n) is 19.1. The average Bonchev–Trinajstić information content (AvgIpc) is 2.88. The van der Waals surface area contributed by atoms with Gasteiger partial charge in [-0.1, -0.05) is 30.3 Å². The zero-order chi connectivity index (χ0) is 24.4. The lowest BCUT2D eigenvalue weighted by Gasteiger charge is -2.33. The standard InChI is InChI=1S/C27H25N7O/c28-14-19-4-1-2-6-21(19)17-7-8-18-12-22(30)26(32-23(18)13-17)27(35)33-24-15-31-10-9-25(24)34-11-3-5-20(29)16-34/h1-2,4,6-10,12-13,15,20H,3,5,11,16,29-30H2,(H,33,35)/t20-/m0/s1. The Bertz CT molecular complexity index is 1460. The summed E-state index contributed by atoms with van der Waals surface area (Å²) in [6, 6.07) is 19.0. The Morgan fingerprint density at radius 3 is 2.86 bits per heavy atom. The molecule has 5 rings (SSSR count). The number of nitriles is 1. The summed E-state index contributed by atoms with van der Waals surface area (Å²) in [5.41, 5.74) is 17.1. The third-order valence-corrected chi connectivity index (χ3v) is 6.27. The number of rotatable bonds is 4. The van der Waals surface area contributed by atoms with Crippen LogP contribution in [0.4, 0.5) is 17.1 Å². The summed E-state index contributed by atoms with van der Waals surface area (Å²) >= 11 is 0. The number of fused-ring (bicyclic) bond motifs is 1. The number of nitrogen functional groups attached to an aromatic ring is 1. The highest BCUT2D eigenvalue weighted by Crippen LogP contribution is 2.30. The molecule has 1 fully saturated rings. The number of anilines is 3. The van der Waals surface area contributed by atoms with E-state index in [2.05, 4.69) is 26.3 Å². The molecule has 8 nitrogen and oxygen atoms in total. The van der Waals surface area contributed by atoms with Gasteiger partial charge in [0.1, 0.15) is 0 Å². The zero-order valence-corrected chi connectivity index (χ0v) is 19.1. The molecule has 1 aliphatic heterocycles. The quantitative estimate of drug-likeness (QED) is 0.417. The van der Waals surface area contributed by atoms with Gasteiger partial charge in [-0.25, -0.2) is 4.98 Å². The Morgan fingerprint density at radius 1 is 1.17 bits per heavy atom. The highest BCUT2D eigenvalue weighted by atomic mass is 16.1. The van der Waals surface area contributed by atoms with Crippen molar-refractivity contribution in [1.82, 2.24) is 9.97 Å². The summed E-state index contributed by atoms with van der Waals surface area (Å²) < 4.78 is 0. The third kappa shape index (κ3) is 4.50. The molecule has 1 atom stereocenters. The topological polar surface area (TPSA) is 134 Å². The van der Waals surface area contributed by atoms with E-state index in [1.807, 2.05) is 42.5 Å². The molecular formula is C27H25N7O. The first-order chi connectivity index (χ1) is 17.0. The van der Waals surface area contributed by atoms with Crippen LogP contribution in [0.25, 0.3) is 22.0 Å². The molecule has 174 valence electrons. The van der Waals surface area contributed by atoms with Crippen LogP contribution in [-0.4, -0.2) is 35.0 Å². The van der Waals surface area contributed by atoms with Gasteiger partial charge in [0.2, 0.25) is 0 Å². The van der Waals surface area contributed by atoms with E-state index < -0.39 is 5.91 Å². The Kier molecular flexibility index (Phi) is 6.00. The van der Waals surface area contributed by atoms with Gasteiger partial charge in [0.05, 0.1) is 40.4 Å². The van der Waals surface area contributed by atoms with Crippen molar-refractivity contribution in [3.63, 3.8) is 0 Å². The molecule has 0 aliphatic carbocycles. The molecule has 0 radical (unpaired) electrons. The normalized spacial score (nSPS) is 15.5. The predicted octanol–water partition coefficient (Wildman–Crippen LogP) is 3.93. The van der Waals surface area contributed by atoms with Crippen molar-refractivity contribution in [3.8, 4) is 17.2 Å². The smallest absolute Gasteiger partial charge is 0.276 e. The molecule has 0 bridgehead atoms. The maximum Gasteiger partial charge on any atom is 0.276 e.